The molecule has 0 radical (unpaired) electrons. The Morgan fingerprint density at radius 3 is 2.94 bits per heavy atom. The fourth-order valence-corrected chi connectivity index (χ4v) is 1.97. The molecule has 1 fully saturated rings. The molecular weight excluding hydrogens is 204 g/mol. The summed E-state index contributed by atoms with van der Waals surface area (Å²) in [6, 6.07) is 4.05. The maximum atomic E-state index is 11.2. The van der Waals surface area contributed by atoms with Crippen LogP contribution < -0.4 is 5.32 Å². The highest BCUT2D eigenvalue weighted by Gasteiger charge is 2.15. The molecule has 86 valence electrons. The fraction of sp³-hybridized carbons (Fsp3) is 0.500. The number of carbonyl (C=O) groups excluding carboxylic acids is 1. The molecule has 4 heteroatoms. The first-order valence-electron chi connectivity index (χ1n) is 5.59. The zero-order valence-corrected chi connectivity index (χ0v) is 9.40. The van der Waals surface area contributed by atoms with Gasteiger partial charge in [-0.05, 0) is 31.0 Å². The standard InChI is InChI=1S/C12H16N2O2/c1-16-12(15)11-6-5-9(8-14-11)10-4-2-3-7-13-10/h5-6,8,10,13H,2-4,7H2,1H3. The quantitative estimate of drug-likeness (QED) is 0.770. The van der Waals surface area contributed by atoms with Crippen molar-refractivity contribution in [2.45, 2.75) is 25.3 Å². The van der Waals surface area contributed by atoms with Crippen molar-refractivity contribution in [3.8, 4) is 0 Å². The Labute approximate surface area is 95.0 Å². The van der Waals surface area contributed by atoms with E-state index < -0.39 is 0 Å². The minimum absolute atomic E-state index is 0.363. The number of methoxy groups -OCH3 is 1. The minimum Gasteiger partial charge on any atom is -0.464 e. The van der Waals surface area contributed by atoms with Crippen LogP contribution in [0.3, 0.4) is 0 Å². The van der Waals surface area contributed by atoms with E-state index in [1.165, 1.54) is 20.0 Å². The molecule has 1 aromatic heterocycles. The lowest BCUT2D eigenvalue weighted by atomic mass is 9.99. The summed E-state index contributed by atoms with van der Waals surface area (Å²) in [5, 5.41) is 3.44. The van der Waals surface area contributed by atoms with Crippen LogP contribution in [0, 0.1) is 0 Å². The van der Waals surface area contributed by atoms with Crippen molar-refractivity contribution in [1.29, 1.82) is 0 Å². The summed E-state index contributed by atoms with van der Waals surface area (Å²) < 4.78 is 4.60. The van der Waals surface area contributed by atoms with Gasteiger partial charge >= 0.3 is 5.97 Å². The van der Waals surface area contributed by atoms with Gasteiger partial charge < -0.3 is 10.1 Å². The zero-order chi connectivity index (χ0) is 11.4. The van der Waals surface area contributed by atoms with Crippen LogP contribution in [0.2, 0.25) is 0 Å². The number of pyridine rings is 1. The van der Waals surface area contributed by atoms with Crippen molar-refractivity contribution >= 4 is 5.97 Å². The number of esters is 1. The van der Waals surface area contributed by atoms with Gasteiger partial charge in [-0.15, -0.1) is 0 Å². The Kier molecular flexibility index (Phi) is 3.51. The number of hydrogen-bond acceptors (Lipinski definition) is 4. The summed E-state index contributed by atoms with van der Waals surface area (Å²) in [7, 11) is 1.36. The summed E-state index contributed by atoms with van der Waals surface area (Å²) in [6.45, 7) is 1.06. The van der Waals surface area contributed by atoms with E-state index in [2.05, 4.69) is 15.0 Å². The number of aromatic nitrogens is 1. The van der Waals surface area contributed by atoms with Crippen LogP contribution in [0.1, 0.15) is 41.4 Å². The van der Waals surface area contributed by atoms with Gasteiger partial charge in [-0.25, -0.2) is 9.78 Å². The smallest absolute Gasteiger partial charge is 0.356 e. The largest absolute Gasteiger partial charge is 0.464 e. The molecule has 0 amide bonds. The molecule has 1 saturated heterocycles. The van der Waals surface area contributed by atoms with Crippen LogP contribution in [0.5, 0.6) is 0 Å². The highest BCUT2D eigenvalue weighted by atomic mass is 16.5. The molecule has 0 bridgehead atoms. The van der Waals surface area contributed by atoms with Gasteiger partial charge in [0, 0.05) is 12.2 Å². The molecule has 0 saturated carbocycles. The average molecular weight is 220 g/mol. The van der Waals surface area contributed by atoms with Crippen LogP contribution in [-0.2, 0) is 4.74 Å². The highest BCUT2D eigenvalue weighted by molar-refractivity contribution is 5.86. The molecule has 16 heavy (non-hydrogen) atoms. The van der Waals surface area contributed by atoms with Crippen molar-refractivity contribution in [3.05, 3.63) is 29.6 Å². The lowest BCUT2D eigenvalue weighted by Gasteiger charge is -2.23. The topological polar surface area (TPSA) is 51.2 Å². The molecule has 1 atom stereocenters. The van der Waals surface area contributed by atoms with Gasteiger partial charge in [0.25, 0.3) is 0 Å². The molecular formula is C12H16N2O2. The number of nitrogens with one attached hydrogen (secondary N) is 1. The summed E-state index contributed by atoms with van der Waals surface area (Å²) in [5.41, 5.74) is 1.51. The predicted molar refractivity (Wildman–Crippen MR) is 60.2 cm³/mol. The summed E-state index contributed by atoms with van der Waals surface area (Å²) in [4.78, 5) is 15.3. The van der Waals surface area contributed by atoms with Gasteiger partial charge in [0.05, 0.1) is 7.11 Å². The van der Waals surface area contributed by atoms with Gasteiger partial charge in [-0.1, -0.05) is 12.5 Å². The molecule has 4 nitrogen and oxygen atoms in total. The monoisotopic (exact) mass is 220 g/mol. The summed E-state index contributed by atoms with van der Waals surface area (Å²) in [6.07, 6.45) is 5.38. The number of piperidine rings is 1. The van der Waals surface area contributed by atoms with E-state index in [-0.39, 0.29) is 5.97 Å². The first kappa shape index (κ1) is 11.1. The SMILES string of the molecule is COC(=O)c1ccc(C2CCCCN2)cn1. The first-order valence-corrected chi connectivity index (χ1v) is 5.59. The Morgan fingerprint density at radius 1 is 1.50 bits per heavy atom. The van der Waals surface area contributed by atoms with E-state index in [1.807, 2.05) is 6.07 Å². The number of hydrogen-bond donors (Lipinski definition) is 1. The first-order chi connectivity index (χ1) is 7.81. The van der Waals surface area contributed by atoms with Crippen molar-refractivity contribution in [3.63, 3.8) is 0 Å². The van der Waals surface area contributed by atoms with Crippen LogP contribution in [-0.4, -0.2) is 24.6 Å². The summed E-state index contributed by atoms with van der Waals surface area (Å²) >= 11 is 0. The predicted octanol–water partition coefficient (Wildman–Crippen LogP) is 1.68. The number of nitrogens with zero attached hydrogens (tertiary/aromatic N) is 1. The fourth-order valence-electron chi connectivity index (χ4n) is 1.97. The molecule has 1 aliphatic heterocycles. The normalized spacial score (nSPS) is 20.4. The van der Waals surface area contributed by atoms with Gasteiger partial charge in [-0.3, -0.25) is 0 Å². The van der Waals surface area contributed by atoms with Crippen LogP contribution in [0.25, 0.3) is 0 Å². The van der Waals surface area contributed by atoms with Crippen molar-refractivity contribution < 1.29 is 9.53 Å². The molecule has 0 aromatic carbocycles. The highest BCUT2D eigenvalue weighted by Crippen LogP contribution is 2.22. The molecule has 1 aromatic rings. The average Bonchev–Trinajstić information content (AvgIpc) is 2.39. The van der Waals surface area contributed by atoms with Gasteiger partial charge in [0.2, 0.25) is 0 Å². The molecule has 2 rings (SSSR count). The third-order valence-corrected chi connectivity index (χ3v) is 2.89. The van der Waals surface area contributed by atoms with Crippen molar-refractivity contribution in [1.82, 2.24) is 10.3 Å². The third kappa shape index (κ3) is 2.39. The lowest BCUT2D eigenvalue weighted by molar-refractivity contribution is 0.0594. The maximum Gasteiger partial charge on any atom is 0.356 e. The summed E-state index contributed by atoms with van der Waals surface area (Å²) in [5.74, 6) is -0.386. The second-order valence-electron chi connectivity index (χ2n) is 3.97. The minimum atomic E-state index is -0.386. The van der Waals surface area contributed by atoms with Crippen LogP contribution in [0.4, 0.5) is 0 Å². The van der Waals surface area contributed by atoms with Crippen LogP contribution in [0.15, 0.2) is 18.3 Å². The number of ether oxygens (including phenoxy) is 1. The van der Waals surface area contributed by atoms with E-state index in [0.29, 0.717) is 11.7 Å². The molecule has 0 aliphatic carbocycles. The second-order valence-corrected chi connectivity index (χ2v) is 3.97. The number of rotatable bonds is 2. The van der Waals surface area contributed by atoms with E-state index >= 15 is 0 Å². The molecule has 1 N–H and O–H groups in total. The molecule has 2 heterocycles. The van der Waals surface area contributed by atoms with Crippen LogP contribution >= 0.6 is 0 Å². The molecule has 1 aliphatic rings. The molecule has 1 unspecified atom stereocenters. The second kappa shape index (κ2) is 5.07. The molecule has 0 spiro atoms. The van der Waals surface area contributed by atoms with Gasteiger partial charge in [-0.2, -0.15) is 0 Å². The van der Waals surface area contributed by atoms with Gasteiger partial charge in [0.1, 0.15) is 5.69 Å². The Hall–Kier alpha value is -1.42. The van der Waals surface area contributed by atoms with Crippen molar-refractivity contribution in [2.75, 3.05) is 13.7 Å². The third-order valence-electron chi connectivity index (χ3n) is 2.89. The van der Waals surface area contributed by atoms with Crippen molar-refractivity contribution in [2.24, 2.45) is 0 Å². The van der Waals surface area contributed by atoms with E-state index in [1.54, 1.807) is 12.3 Å². The van der Waals surface area contributed by atoms with E-state index in [0.717, 1.165) is 18.5 Å². The van der Waals surface area contributed by atoms with E-state index in [9.17, 15) is 4.79 Å². The maximum absolute atomic E-state index is 11.2. The number of carbonyl (C=O) groups is 1. The zero-order valence-electron chi connectivity index (χ0n) is 9.40. The lowest BCUT2D eigenvalue weighted by Crippen LogP contribution is -2.26. The Balaban J connectivity index is 2.09. The Bertz CT molecular complexity index is 356. The van der Waals surface area contributed by atoms with Gasteiger partial charge in [0.15, 0.2) is 0 Å². The Morgan fingerprint density at radius 2 is 2.38 bits per heavy atom. The van der Waals surface area contributed by atoms with E-state index in [4.69, 9.17) is 0 Å².